The van der Waals surface area contributed by atoms with Crippen molar-refractivity contribution in [2.45, 2.75) is 6.43 Å². The zero-order valence-corrected chi connectivity index (χ0v) is 8.99. The van der Waals surface area contributed by atoms with Crippen LogP contribution in [0.4, 0.5) is 14.6 Å². The largest absolute Gasteiger partial charge is 0.462 e. The highest BCUT2D eigenvalue weighted by Gasteiger charge is 2.24. The van der Waals surface area contributed by atoms with E-state index in [0.29, 0.717) is 6.07 Å². The maximum atomic E-state index is 12.5. The van der Waals surface area contributed by atoms with Gasteiger partial charge in [0.25, 0.3) is 6.43 Å². The van der Waals surface area contributed by atoms with Gasteiger partial charge in [-0.1, -0.05) is 0 Å². The highest BCUT2D eigenvalue weighted by molar-refractivity contribution is 9.10. The second kappa shape index (κ2) is 4.47. The third kappa shape index (κ3) is 2.38. The minimum absolute atomic E-state index is 0.0781. The van der Waals surface area contributed by atoms with Gasteiger partial charge in [-0.15, -0.1) is 0 Å². The Bertz CT molecular complexity index is 400. The molecule has 0 saturated carbocycles. The molecule has 0 saturated heterocycles. The van der Waals surface area contributed by atoms with Gasteiger partial charge in [0.05, 0.1) is 7.11 Å². The van der Waals surface area contributed by atoms with E-state index in [4.69, 9.17) is 0 Å². The van der Waals surface area contributed by atoms with Crippen molar-refractivity contribution in [2.24, 2.45) is 0 Å². The summed E-state index contributed by atoms with van der Waals surface area (Å²) in [5.41, 5.74) is -0.520. The number of halogens is 3. The van der Waals surface area contributed by atoms with Crippen LogP contribution in [-0.2, 0) is 0 Å². The van der Waals surface area contributed by atoms with Crippen LogP contribution < -0.4 is 4.74 Å². The predicted molar refractivity (Wildman–Crippen MR) is 50.1 cm³/mol. The maximum absolute atomic E-state index is 12.5. The monoisotopic (exact) mass is 282 g/mol. The molecule has 0 fully saturated rings. The molecule has 0 radical (unpaired) electrons. The fraction of sp³-hybridized carbons (Fsp3) is 0.286. The topological polar surface area (TPSA) is 65.3 Å². The Labute approximate surface area is 91.3 Å². The molecule has 0 amide bonds. The van der Waals surface area contributed by atoms with Crippen molar-refractivity contribution in [1.29, 1.82) is 0 Å². The third-order valence-corrected chi connectivity index (χ3v) is 2.35. The van der Waals surface area contributed by atoms with Crippen LogP contribution in [0.2, 0.25) is 0 Å². The number of nitrogens with zero attached hydrogens (tertiary/aromatic N) is 2. The SMILES string of the molecule is COc1nc([N+](=O)[O-])cc(C(F)F)c1Br. The molecule has 0 N–H and O–H groups in total. The van der Waals surface area contributed by atoms with Crippen LogP contribution in [0.5, 0.6) is 5.88 Å². The molecule has 0 aliphatic carbocycles. The quantitative estimate of drug-likeness (QED) is 0.632. The summed E-state index contributed by atoms with van der Waals surface area (Å²) < 4.78 is 29.5. The average Bonchev–Trinajstić information content (AvgIpc) is 2.17. The summed E-state index contributed by atoms with van der Waals surface area (Å²) in [6.45, 7) is 0. The fourth-order valence-electron chi connectivity index (χ4n) is 0.899. The van der Waals surface area contributed by atoms with Crippen molar-refractivity contribution in [3.63, 3.8) is 0 Å². The van der Waals surface area contributed by atoms with E-state index in [2.05, 4.69) is 25.7 Å². The van der Waals surface area contributed by atoms with Gasteiger partial charge in [0, 0.05) is 16.6 Å². The first-order chi connectivity index (χ1) is 6.97. The van der Waals surface area contributed by atoms with Crippen molar-refractivity contribution < 1.29 is 18.4 Å². The van der Waals surface area contributed by atoms with Gasteiger partial charge < -0.3 is 14.9 Å². The summed E-state index contributed by atoms with van der Waals surface area (Å²) in [6.07, 6.45) is -2.84. The summed E-state index contributed by atoms with van der Waals surface area (Å²) in [5.74, 6) is -0.912. The van der Waals surface area contributed by atoms with E-state index in [9.17, 15) is 18.9 Å². The van der Waals surface area contributed by atoms with Gasteiger partial charge in [0.2, 0.25) is 0 Å². The number of pyridine rings is 1. The van der Waals surface area contributed by atoms with Gasteiger partial charge in [-0.05, 0) is 20.9 Å². The van der Waals surface area contributed by atoms with Crippen molar-refractivity contribution in [2.75, 3.05) is 7.11 Å². The molecular weight excluding hydrogens is 278 g/mol. The zero-order chi connectivity index (χ0) is 11.6. The van der Waals surface area contributed by atoms with Gasteiger partial charge in [-0.2, -0.15) is 0 Å². The fourth-order valence-corrected chi connectivity index (χ4v) is 1.44. The number of methoxy groups -OCH3 is 1. The van der Waals surface area contributed by atoms with Crippen molar-refractivity contribution in [3.05, 3.63) is 26.2 Å². The Balaban J connectivity index is 3.38. The van der Waals surface area contributed by atoms with Gasteiger partial charge in [-0.3, -0.25) is 0 Å². The van der Waals surface area contributed by atoms with E-state index in [0.717, 1.165) is 0 Å². The molecule has 0 spiro atoms. The molecule has 1 heterocycles. The molecule has 1 aromatic heterocycles. The Morgan fingerprint density at radius 2 is 2.27 bits per heavy atom. The number of aromatic nitrogens is 1. The maximum Gasteiger partial charge on any atom is 0.368 e. The number of hydrogen-bond acceptors (Lipinski definition) is 4. The molecule has 5 nitrogen and oxygen atoms in total. The first kappa shape index (κ1) is 11.8. The Morgan fingerprint density at radius 3 is 2.67 bits per heavy atom. The molecule has 8 heteroatoms. The molecule has 0 bridgehead atoms. The first-order valence-electron chi connectivity index (χ1n) is 3.64. The molecular formula is C7H5BrF2N2O3. The molecule has 0 atom stereocenters. The number of alkyl halides is 2. The lowest BCUT2D eigenvalue weighted by molar-refractivity contribution is -0.389. The number of ether oxygens (including phenoxy) is 1. The number of rotatable bonds is 3. The van der Waals surface area contributed by atoms with Crippen LogP contribution in [-0.4, -0.2) is 17.0 Å². The summed E-state index contributed by atoms with van der Waals surface area (Å²) in [5, 5.41) is 10.4. The lowest BCUT2D eigenvalue weighted by Crippen LogP contribution is -2.00. The minimum Gasteiger partial charge on any atom is -0.462 e. The van der Waals surface area contributed by atoms with Crippen LogP contribution in [0, 0.1) is 10.1 Å². The normalized spacial score (nSPS) is 10.5. The second-order valence-electron chi connectivity index (χ2n) is 2.45. The van der Waals surface area contributed by atoms with E-state index in [1.54, 1.807) is 0 Å². The first-order valence-corrected chi connectivity index (χ1v) is 4.43. The van der Waals surface area contributed by atoms with Gasteiger partial charge in [0.15, 0.2) is 0 Å². The predicted octanol–water partition coefficient (Wildman–Crippen LogP) is 2.70. The third-order valence-electron chi connectivity index (χ3n) is 1.56. The van der Waals surface area contributed by atoms with E-state index < -0.39 is 22.7 Å². The van der Waals surface area contributed by atoms with E-state index in [1.807, 2.05) is 0 Å². The zero-order valence-electron chi connectivity index (χ0n) is 7.41. The molecule has 15 heavy (non-hydrogen) atoms. The summed E-state index contributed by atoms with van der Waals surface area (Å²) in [6, 6.07) is 0.706. The van der Waals surface area contributed by atoms with Crippen LogP contribution >= 0.6 is 15.9 Å². The molecule has 0 aromatic carbocycles. The average molecular weight is 283 g/mol. The Kier molecular flexibility index (Phi) is 3.51. The summed E-state index contributed by atoms with van der Waals surface area (Å²) >= 11 is 2.84. The summed E-state index contributed by atoms with van der Waals surface area (Å²) in [7, 11) is 1.19. The number of nitro groups is 1. The number of hydrogen-bond donors (Lipinski definition) is 0. The molecule has 1 aromatic rings. The molecule has 0 aliphatic rings. The van der Waals surface area contributed by atoms with Crippen molar-refractivity contribution in [1.82, 2.24) is 4.98 Å². The van der Waals surface area contributed by atoms with Crippen molar-refractivity contribution >= 4 is 21.7 Å². The molecule has 0 unspecified atom stereocenters. The smallest absolute Gasteiger partial charge is 0.368 e. The second-order valence-corrected chi connectivity index (χ2v) is 3.24. The minimum atomic E-state index is -2.84. The standard InChI is InChI=1S/C7H5BrF2N2O3/c1-15-7-5(8)3(6(9)10)2-4(11-7)12(13)14/h2,6H,1H3. The van der Waals surface area contributed by atoms with Crippen LogP contribution in [0.3, 0.4) is 0 Å². The summed E-state index contributed by atoms with van der Waals surface area (Å²) in [4.78, 5) is 13.0. The Hall–Kier alpha value is -1.31. The van der Waals surface area contributed by atoms with E-state index >= 15 is 0 Å². The lowest BCUT2D eigenvalue weighted by Gasteiger charge is -2.04. The Morgan fingerprint density at radius 1 is 1.67 bits per heavy atom. The molecule has 0 aliphatic heterocycles. The van der Waals surface area contributed by atoms with E-state index in [-0.39, 0.29) is 10.4 Å². The van der Waals surface area contributed by atoms with Crippen molar-refractivity contribution in [3.8, 4) is 5.88 Å². The highest BCUT2D eigenvalue weighted by atomic mass is 79.9. The van der Waals surface area contributed by atoms with Gasteiger partial charge >= 0.3 is 11.7 Å². The van der Waals surface area contributed by atoms with Crippen LogP contribution in [0.1, 0.15) is 12.0 Å². The molecule has 82 valence electrons. The van der Waals surface area contributed by atoms with E-state index in [1.165, 1.54) is 7.11 Å². The van der Waals surface area contributed by atoms with Gasteiger partial charge in [-0.25, -0.2) is 8.78 Å². The molecule has 1 rings (SSSR count). The van der Waals surface area contributed by atoms with Gasteiger partial charge in [0.1, 0.15) is 4.47 Å². The van der Waals surface area contributed by atoms with Crippen LogP contribution in [0.15, 0.2) is 10.5 Å². The lowest BCUT2D eigenvalue weighted by atomic mass is 10.2. The highest BCUT2D eigenvalue weighted by Crippen LogP contribution is 2.35. The van der Waals surface area contributed by atoms with Crippen LogP contribution in [0.25, 0.3) is 0 Å².